The smallest absolute Gasteiger partial charge is 0.336 e. The average molecular weight is 304 g/mol. The number of benzene rings is 1. The molecule has 2 rings (SSSR count). The van der Waals surface area contributed by atoms with Crippen molar-refractivity contribution in [2.75, 3.05) is 13.2 Å². The van der Waals surface area contributed by atoms with Crippen LogP contribution >= 0.6 is 0 Å². The second kappa shape index (κ2) is 6.94. The third-order valence-electron chi connectivity index (χ3n) is 4.20. The number of carboxylic acids is 1. The van der Waals surface area contributed by atoms with Crippen molar-refractivity contribution in [3.8, 4) is 0 Å². The summed E-state index contributed by atoms with van der Waals surface area (Å²) in [5.41, 5.74) is 10.0. The van der Waals surface area contributed by atoms with E-state index in [-0.39, 0.29) is 6.61 Å². The van der Waals surface area contributed by atoms with Gasteiger partial charge in [0.05, 0.1) is 5.56 Å². The minimum Gasteiger partial charge on any atom is -0.478 e. The van der Waals surface area contributed by atoms with Crippen LogP contribution in [-0.2, 0) is 13.0 Å². The molecule has 1 heterocycles. The monoisotopic (exact) mass is 304 g/mol. The van der Waals surface area contributed by atoms with Crippen molar-refractivity contribution in [3.05, 3.63) is 34.5 Å². The van der Waals surface area contributed by atoms with Crippen LogP contribution in [-0.4, -0.2) is 33.9 Å². The van der Waals surface area contributed by atoms with Crippen molar-refractivity contribution in [1.82, 2.24) is 4.57 Å². The summed E-state index contributed by atoms with van der Waals surface area (Å²) in [4.78, 5) is 11.4. The lowest BCUT2D eigenvalue weighted by Gasteiger charge is -2.08. The van der Waals surface area contributed by atoms with Gasteiger partial charge in [-0.15, -0.1) is 0 Å². The van der Waals surface area contributed by atoms with Crippen molar-refractivity contribution < 1.29 is 15.0 Å². The summed E-state index contributed by atoms with van der Waals surface area (Å²) in [5.74, 6) is -0.907. The number of hydrogen-bond acceptors (Lipinski definition) is 3. The fourth-order valence-corrected chi connectivity index (χ4v) is 3.04. The first kappa shape index (κ1) is 16.5. The van der Waals surface area contributed by atoms with E-state index in [1.807, 2.05) is 13.0 Å². The maximum Gasteiger partial charge on any atom is 0.336 e. The number of aliphatic hydroxyl groups is 1. The summed E-state index contributed by atoms with van der Waals surface area (Å²) in [5, 5.41) is 19.5. The van der Waals surface area contributed by atoms with Crippen LogP contribution in [0.1, 0.15) is 40.0 Å². The molecule has 0 bridgehead atoms. The van der Waals surface area contributed by atoms with Gasteiger partial charge >= 0.3 is 5.97 Å². The molecule has 0 aliphatic carbocycles. The Hall–Kier alpha value is -1.85. The highest BCUT2D eigenvalue weighted by atomic mass is 16.4. The zero-order valence-corrected chi connectivity index (χ0v) is 13.2. The summed E-state index contributed by atoms with van der Waals surface area (Å²) >= 11 is 0. The number of aliphatic hydroxyl groups excluding tert-OH is 1. The normalized spacial score (nSPS) is 11.3. The lowest BCUT2D eigenvalue weighted by Crippen LogP contribution is -2.05. The van der Waals surface area contributed by atoms with Gasteiger partial charge in [0, 0.05) is 29.7 Å². The quantitative estimate of drug-likeness (QED) is 0.732. The zero-order chi connectivity index (χ0) is 16.3. The van der Waals surface area contributed by atoms with Crippen molar-refractivity contribution in [2.24, 2.45) is 5.73 Å². The van der Waals surface area contributed by atoms with Gasteiger partial charge in [0.2, 0.25) is 0 Å². The van der Waals surface area contributed by atoms with E-state index in [2.05, 4.69) is 11.5 Å². The second-order valence-corrected chi connectivity index (χ2v) is 5.67. The highest BCUT2D eigenvalue weighted by Gasteiger charge is 2.17. The largest absolute Gasteiger partial charge is 0.478 e. The highest BCUT2D eigenvalue weighted by molar-refractivity contribution is 5.97. The molecule has 0 unspecified atom stereocenters. The first-order valence-corrected chi connectivity index (χ1v) is 7.67. The summed E-state index contributed by atoms with van der Waals surface area (Å²) < 4.78 is 2.11. The van der Waals surface area contributed by atoms with Crippen LogP contribution in [0.2, 0.25) is 0 Å². The molecule has 5 nitrogen and oxygen atoms in total. The predicted molar refractivity (Wildman–Crippen MR) is 87.4 cm³/mol. The molecule has 0 spiro atoms. The van der Waals surface area contributed by atoms with Gasteiger partial charge in [-0.3, -0.25) is 0 Å². The molecule has 0 atom stereocenters. The Labute approximate surface area is 130 Å². The number of nitrogens with zero attached hydrogens (tertiary/aromatic N) is 1. The lowest BCUT2D eigenvalue weighted by molar-refractivity contribution is 0.0696. The number of aryl methyl sites for hydroxylation is 3. The molecular formula is C17H24N2O3. The predicted octanol–water partition coefficient (Wildman–Crippen LogP) is 2.23. The maximum atomic E-state index is 11.4. The SMILES string of the molecule is Cc1cc2c(CCCN)c(C)n(CCCO)c2cc1C(=O)O. The molecule has 0 aliphatic heterocycles. The zero-order valence-electron chi connectivity index (χ0n) is 13.2. The molecule has 5 heteroatoms. The molecule has 1 aromatic carbocycles. The fourth-order valence-electron chi connectivity index (χ4n) is 3.04. The first-order valence-electron chi connectivity index (χ1n) is 7.67. The van der Waals surface area contributed by atoms with E-state index in [1.54, 1.807) is 6.07 Å². The Balaban J connectivity index is 2.65. The van der Waals surface area contributed by atoms with Crippen molar-refractivity contribution in [2.45, 2.75) is 39.7 Å². The second-order valence-electron chi connectivity index (χ2n) is 5.67. The van der Waals surface area contributed by atoms with Crippen molar-refractivity contribution in [1.29, 1.82) is 0 Å². The Bertz CT molecular complexity index is 689. The number of aromatic carboxylic acids is 1. The van der Waals surface area contributed by atoms with Crippen LogP contribution in [0.25, 0.3) is 10.9 Å². The number of carbonyl (C=O) groups is 1. The van der Waals surface area contributed by atoms with Crippen molar-refractivity contribution >= 4 is 16.9 Å². The number of hydrogen-bond donors (Lipinski definition) is 3. The highest BCUT2D eigenvalue weighted by Crippen LogP contribution is 2.30. The molecular weight excluding hydrogens is 280 g/mol. The van der Waals surface area contributed by atoms with Crippen molar-refractivity contribution in [3.63, 3.8) is 0 Å². The van der Waals surface area contributed by atoms with Gasteiger partial charge in [-0.25, -0.2) is 4.79 Å². The maximum absolute atomic E-state index is 11.4. The van der Waals surface area contributed by atoms with Gasteiger partial charge in [-0.05, 0) is 62.9 Å². The van der Waals surface area contributed by atoms with Gasteiger partial charge < -0.3 is 20.5 Å². The first-order chi connectivity index (χ1) is 10.5. The molecule has 0 radical (unpaired) electrons. The van der Waals surface area contributed by atoms with Crippen LogP contribution in [0, 0.1) is 13.8 Å². The molecule has 0 aliphatic rings. The Morgan fingerprint density at radius 2 is 2.00 bits per heavy atom. The van der Waals surface area contributed by atoms with Gasteiger partial charge in [0.15, 0.2) is 0 Å². The van der Waals surface area contributed by atoms with E-state index in [1.165, 1.54) is 5.56 Å². The van der Waals surface area contributed by atoms with Crippen LogP contribution in [0.15, 0.2) is 12.1 Å². The van der Waals surface area contributed by atoms with Crippen LogP contribution in [0.5, 0.6) is 0 Å². The number of rotatable bonds is 7. The number of carboxylic acid groups (broad SMARTS) is 1. The summed E-state index contributed by atoms with van der Waals surface area (Å²) in [6.07, 6.45) is 2.44. The Morgan fingerprint density at radius 1 is 1.27 bits per heavy atom. The molecule has 0 saturated carbocycles. The van der Waals surface area contributed by atoms with E-state index < -0.39 is 5.97 Å². The van der Waals surface area contributed by atoms with Crippen LogP contribution < -0.4 is 5.73 Å². The van der Waals surface area contributed by atoms with E-state index in [9.17, 15) is 9.90 Å². The van der Waals surface area contributed by atoms with E-state index >= 15 is 0 Å². The fraction of sp³-hybridized carbons (Fsp3) is 0.471. The van der Waals surface area contributed by atoms with Crippen LogP contribution in [0.4, 0.5) is 0 Å². The molecule has 2 aromatic rings. The molecule has 120 valence electrons. The van der Waals surface area contributed by atoms with E-state index in [0.717, 1.165) is 35.0 Å². The summed E-state index contributed by atoms with van der Waals surface area (Å²) in [6.45, 7) is 5.32. The lowest BCUT2D eigenvalue weighted by atomic mass is 10.0. The minimum absolute atomic E-state index is 0.120. The van der Waals surface area contributed by atoms with Gasteiger partial charge in [0.25, 0.3) is 0 Å². The Kier molecular flexibility index (Phi) is 5.21. The third kappa shape index (κ3) is 3.00. The average Bonchev–Trinajstić information content (AvgIpc) is 2.73. The molecule has 0 amide bonds. The number of nitrogens with two attached hydrogens (primary N) is 1. The topological polar surface area (TPSA) is 88.5 Å². The van der Waals surface area contributed by atoms with Crippen LogP contribution in [0.3, 0.4) is 0 Å². The van der Waals surface area contributed by atoms with E-state index in [4.69, 9.17) is 10.8 Å². The molecule has 22 heavy (non-hydrogen) atoms. The Morgan fingerprint density at radius 3 is 2.59 bits per heavy atom. The number of aromatic nitrogens is 1. The molecule has 0 saturated heterocycles. The molecule has 4 N–H and O–H groups in total. The van der Waals surface area contributed by atoms with Gasteiger partial charge in [-0.1, -0.05) is 0 Å². The summed E-state index contributed by atoms with van der Waals surface area (Å²) in [7, 11) is 0. The van der Waals surface area contributed by atoms with E-state index in [0.29, 0.717) is 25.1 Å². The summed E-state index contributed by atoms with van der Waals surface area (Å²) in [6, 6.07) is 3.72. The molecule has 1 aromatic heterocycles. The number of fused-ring (bicyclic) bond motifs is 1. The van der Waals surface area contributed by atoms with Gasteiger partial charge in [-0.2, -0.15) is 0 Å². The standard InChI is InChI=1S/C17H24N2O3/c1-11-9-15-13(5-3-6-18)12(2)19(7-4-8-20)16(15)10-14(11)17(21)22/h9-10,20H,3-8,18H2,1-2H3,(H,21,22). The molecule has 0 fully saturated rings. The minimum atomic E-state index is -0.907. The third-order valence-corrected chi connectivity index (χ3v) is 4.20. The van der Waals surface area contributed by atoms with Gasteiger partial charge in [0.1, 0.15) is 0 Å².